The summed E-state index contributed by atoms with van der Waals surface area (Å²) in [6.45, 7) is 4.21. The number of nitrogens with one attached hydrogen (secondary N) is 1. The minimum absolute atomic E-state index is 0.312. The molecule has 0 aliphatic carbocycles. The first-order valence-electron chi connectivity index (χ1n) is 9.13. The van der Waals surface area contributed by atoms with Crippen molar-refractivity contribution in [3.63, 3.8) is 0 Å². The molecule has 0 spiro atoms. The van der Waals surface area contributed by atoms with Crippen LogP contribution in [0.5, 0.6) is 5.75 Å². The van der Waals surface area contributed by atoms with Crippen LogP contribution in [0.4, 0.5) is 0 Å². The highest BCUT2D eigenvalue weighted by molar-refractivity contribution is 7.09. The van der Waals surface area contributed by atoms with E-state index in [0.29, 0.717) is 24.5 Å². The highest BCUT2D eigenvalue weighted by Crippen LogP contribution is 2.18. The first-order valence-corrected chi connectivity index (χ1v) is 10.0. The zero-order chi connectivity index (χ0) is 20.6. The van der Waals surface area contributed by atoms with E-state index < -0.39 is 5.97 Å². The molecule has 0 saturated heterocycles. The van der Waals surface area contributed by atoms with E-state index in [1.807, 2.05) is 31.4 Å². The summed E-state index contributed by atoms with van der Waals surface area (Å²) in [6, 6.07) is 10.5. The minimum Gasteiger partial charge on any atom is -0.489 e. The first-order chi connectivity index (χ1) is 14.0. The van der Waals surface area contributed by atoms with Gasteiger partial charge < -0.3 is 19.3 Å². The fraction of sp³-hybridized carbons (Fsp3) is 0.286. The van der Waals surface area contributed by atoms with E-state index in [9.17, 15) is 9.59 Å². The van der Waals surface area contributed by atoms with Crippen LogP contribution in [0.15, 0.2) is 46.3 Å². The average molecular weight is 414 g/mol. The average Bonchev–Trinajstić information content (AvgIpc) is 3.35. The van der Waals surface area contributed by atoms with Crippen LogP contribution in [0.1, 0.15) is 32.3 Å². The molecule has 0 fully saturated rings. The van der Waals surface area contributed by atoms with Gasteiger partial charge in [-0.05, 0) is 56.0 Å². The van der Waals surface area contributed by atoms with Gasteiger partial charge in [-0.3, -0.25) is 4.79 Å². The summed E-state index contributed by atoms with van der Waals surface area (Å²) in [4.78, 5) is 25.1. The van der Waals surface area contributed by atoms with Gasteiger partial charge in [0.25, 0.3) is 5.91 Å². The van der Waals surface area contributed by atoms with Crippen molar-refractivity contribution in [2.24, 2.45) is 0 Å². The smallest absolute Gasteiger partial charge is 0.338 e. The Bertz CT molecular complexity index is 929. The largest absolute Gasteiger partial charge is 0.489 e. The Labute approximate surface area is 172 Å². The normalized spacial score (nSPS) is 10.6. The molecule has 2 aromatic heterocycles. The summed E-state index contributed by atoms with van der Waals surface area (Å²) in [5.74, 6) is 0.439. The molecular formula is C21H22N2O5S. The van der Waals surface area contributed by atoms with E-state index in [1.165, 1.54) is 4.88 Å². The van der Waals surface area contributed by atoms with Crippen molar-refractivity contribution in [1.29, 1.82) is 0 Å². The van der Waals surface area contributed by atoms with Crippen LogP contribution >= 0.6 is 11.3 Å². The molecular weight excluding hydrogens is 392 g/mol. The summed E-state index contributed by atoms with van der Waals surface area (Å²) in [5, 5.41) is 8.61. The number of carbonyl (C=O) groups is 2. The SMILES string of the molecule is Cc1noc(C)c1COc1ccc(C(=O)OCC(=O)NCCc2cccs2)cc1. The van der Waals surface area contributed by atoms with Crippen LogP contribution in [-0.2, 0) is 22.6 Å². The number of aryl methyl sites for hydroxylation is 2. The summed E-state index contributed by atoms with van der Waals surface area (Å²) in [6.07, 6.45) is 0.757. The number of rotatable bonds is 9. The van der Waals surface area contributed by atoms with Gasteiger partial charge in [-0.1, -0.05) is 11.2 Å². The Hall–Kier alpha value is -3.13. The Balaban J connectivity index is 1.40. The van der Waals surface area contributed by atoms with Crippen LogP contribution < -0.4 is 10.1 Å². The summed E-state index contributed by atoms with van der Waals surface area (Å²) in [5.41, 5.74) is 2.04. The van der Waals surface area contributed by atoms with Gasteiger partial charge >= 0.3 is 5.97 Å². The number of benzene rings is 1. The predicted octanol–water partition coefficient (Wildman–Crippen LogP) is 3.45. The third-order valence-corrected chi connectivity index (χ3v) is 5.20. The van der Waals surface area contributed by atoms with Gasteiger partial charge in [-0.2, -0.15) is 0 Å². The number of carbonyl (C=O) groups excluding carboxylic acids is 2. The lowest BCUT2D eigenvalue weighted by molar-refractivity contribution is -0.124. The molecule has 7 nitrogen and oxygen atoms in total. The number of hydrogen-bond donors (Lipinski definition) is 1. The quantitative estimate of drug-likeness (QED) is 0.540. The van der Waals surface area contributed by atoms with E-state index in [-0.39, 0.29) is 12.5 Å². The molecule has 0 radical (unpaired) electrons. The first kappa shape index (κ1) is 20.6. The monoisotopic (exact) mass is 414 g/mol. The van der Waals surface area contributed by atoms with Crippen molar-refractivity contribution in [1.82, 2.24) is 10.5 Å². The van der Waals surface area contributed by atoms with Crippen molar-refractivity contribution in [2.75, 3.05) is 13.2 Å². The minimum atomic E-state index is -0.560. The topological polar surface area (TPSA) is 90.7 Å². The van der Waals surface area contributed by atoms with Gasteiger partial charge in [0.05, 0.1) is 16.8 Å². The van der Waals surface area contributed by atoms with Gasteiger partial charge in [0.1, 0.15) is 18.1 Å². The lowest BCUT2D eigenvalue weighted by Crippen LogP contribution is -2.30. The third-order valence-electron chi connectivity index (χ3n) is 4.26. The molecule has 29 heavy (non-hydrogen) atoms. The summed E-state index contributed by atoms with van der Waals surface area (Å²) in [7, 11) is 0. The molecule has 0 bridgehead atoms. The molecule has 0 unspecified atom stereocenters. The Morgan fingerprint density at radius 2 is 1.97 bits per heavy atom. The Morgan fingerprint density at radius 1 is 1.17 bits per heavy atom. The number of hydrogen-bond acceptors (Lipinski definition) is 7. The fourth-order valence-corrected chi connectivity index (χ4v) is 3.31. The van der Waals surface area contributed by atoms with E-state index in [2.05, 4.69) is 10.5 Å². The van der Waals surface area contributed by atoms with E-state index in [0.717, 1.165) is 23.4 Å². The number of thiophene rings is 1. The molecule has 2 heterocycles. The standard InChI is InChI=1S/C21H22N2O5S/c1-14-19(15(2)28-23-14)12-26-17-7-5-16(6-8-17)21(25)27-13-20(24)22-10-9-18-4-3-11-29-18/h3-8,11H,9-10,12-13H2,1-2H3,(H,22,24). The highest BCUT2D eigenvalue weighted by Gasteiger charge is 2.12. The number of amides is 1. The second-order valence-electron chi connectivity index (χ2n) is 6.37. The number of nitrogens with zero attached hydrogens (tertiary/aromatic N) is 1. The van der Waals surface area contributed by atoms with Gasteiger partial charge in [0, 0.05) is 11.4 Å². The molecule has 0 aliphatic rings. The maximum absolute atomic E-state index is 12.1. The van der Waals surface area contributed by atoms with Crippen molar-refractivity contribution >= 4 is 23.2 Å². The molecule has 8 heteroatoms. The molecule has 152 valence electrons. The number of aromatic nitrogens is 1. The Kier molecular flexibility index (Phi) is 7.02. The zero-order valence-corrected chi connectivity index (χ0v) is 17.1. The molecule has 1 amide bonds. The fourth-order valence-electron chi connectivity index (χ4n) is 2.60. The van der Waals surface area contributed by atoms with Crippen LogP contribution in [-0.4, -0.2) is 30.2 Å². The van der Waals surface area contributed by atoms with Gasteiger partial charge in [-0.15, -0.1) is 11.3 Å². The Morgan fingerprint density at radius 3 is 2.62 bits per heavy atom. The van der Waals surface area contributed by atoms with Crippen molar-refractivity contribution < 1.29 is 23.6 Å². The van der Waals surface area contributed by atoms with Gasteiger partial charge in [0.15, 0.2) is 6.61 Å². The molecule has 0 aliphatic heterocycles. The lowest BCUT2D eigenvalue weighted by atomic mass is 10.2. The van der Waals surface area contributed by atoms with Crippen LogP contribution in [0.3, 0.4) is 0 Å². The maximum atomic E-state index is 12.1. The van der Waals surface area contributed by atoms with Crippen LogP contribution in [0.25, 0.3) is 0 Å². The third kappa shape index (κ3) is 5.92. The van der Waals surface area contributed by atoms with Crippen molar-refractivity contribution in [3.05, 3.63) is 69.2 Å². The summed E-state index contributed by atoms with van der Waals surface area (Å²) >= 11 is 1.64. The molecule has 3 rings (SSSR count). The number of esters is 1. The number of ether oxygens (including phenoxy) is 2. The second kappa shape index (κ2) is 9.88. The molecule has 0 atom stereocenters. The summed E-state index contributed by atoms with van der Waals surface area (Å²) < 4.78 is 15.9. The van der Waals surface area contributed by atoms with Crippen molar-refractivity contribution in [2.45, 2.75) is 26.9 Å². The van der Waals surface area contributed by atoms with Gasteiger partial charge in [-0.25, -0.2) is 4.79 Å². The lowest BCUT2D eigenvalue weighted by Gasteiger charge is -2.08. The van der Waals surface area contributed by atoms with Crippen LogP contribution in [0.2, 0.25) is 0 Å². The predicted molar refractivity (Wildman–Crippen MR) is 108 cm³/mol. The molecule has 3 aromatic rings. The second-order valence-corrected chi connectivity index (χ2v) is 7.40. The molecule has 1 aromatic carbocycles. The van der Waals surface area contributed by atoms with Gasteiger partial charge in [0.2, 0.25) is 0 Å². The molecule has 1 N–H and O–H groups in total. The zero-order valence-electron chi connectivity index (χ0n) is 16.3. The van der Waals surface area contributed by atoms with E-state index in [1.54, 1.807) is 35.6 Å². The highest BCUT2D eigenvalue weighted by atomic mass is 32.1. The molecule has 0 saturated carbocycles. The maximum Gasteiger partial charge on any atom is 0.338 e. The van der Waals surface area contributed by atoms with Crippen molar-refractivity contribution in [3.8, 4) is 5.75 Å². The van der Waals surface area contributed by atoms with E-state index >= 15 is 0 Å². The van der Waals surface area contributed by atoms with E-state index in [4.69, 9.17) is 14.0 Å². The van der Waals surface area contributed by atoms with Crippen LogP contribution in [0, 0.1) is 13.8 Å².